The first-order chi connectivity index (χ1) is 21.3. The average molecular weight is 550 g/mol. The van der Waals surface area contributed by atoms with E-state index in [-0.39, 0.29) is 0 Å². The summed E-state index contributed by atoms with van der Waals surface area (Å²) in [5.41, 5.74) is 7.65. The van der Waals surface area contributed by atoms with Crippen LogP contribution >= 0.6 is 0 Å². The van der Waals surface area contributed by atoms with Crippen LogP contribution in [0.2, 0.25) is 0 Å². The Morgan fingerprint density at radius 1 is 0.512 bits per heavy atom. The second kappa shape index (κ2) is 9.29. The monoisotopic (exact) mass is 549 g/mol. The normalized spacial score (nSPS) is 11.7. The van der Waals surface area contributed by atoms with Crippen molar-refractivity contribution in [3.63, 3.8) is 0 Å². The smallest absolute Gasteiger partial charge is 0.235 e. The largest absolute Gasteiger partial charge is 0.278 e. The van der Waals surface area contributed by atoms with Gasteiger partial charge in [-0.25, -0.2) is 9.97 Å². The highest BCUT2D eigenvalue weighted by molar-refractivity contribution is 6.13. The summed E-state index contributed by atoms with van der Waals surface area (Å²) in [5.74, 6) is 0.624. The molecule has 0 unspecified atom stereocenters. The molecule has 0 aliphatic heterocycles. The number of rotatable bonds is 3. The van der Waals surface area contributed by atoms with Crippen LogP contribution in [0.5, 0.6) is 0 Å². The van der Waals surface area contributed by atoms with Gasteiger partial charge in [0, 0.05) is 45.1 Å². The Labute approximate surface area is 246 Å². The molecule has 0 aliphatic rings. The first-order valence-corrected chi connectivity index (χ1v) is 14.3. The van der Waals surface area contributed by atoms with E-state index in [2.05, 4.69) is 113 Å². The second-order valence-corrected chi connectivity index (χ2v) is 10.8. The molecule has 0 atom stereocenters. The van der Waals surface area contributed by atoms with Gasteiger partial charge in [0.05, 0.1) is 27.8 Å². The lowest BCUT2D eigenvalue weighted by Gasteiger charge is -2.12. The Hall–Kier alpha value is -5.94. The number of pyridine rings is 2. The minimum absolute atomic E-state index is 0.624. The van der Waals surface area contributed by atoms with E-state index in [9.17, 15) is 0 Å². The number of aromatic nitrogens is 5. The van der Waals surface area contributed by atoms with Gasteiger partial charge in [-0.3, -0.25) is 14.5 Å². The van der Waals surface area contributed by atoms with Crippen LogP contribution < -0.4 is 0 Å². The van der Waals surface area contributed by atoms with Gasteiger partial charge in [0.15, 0.2) is 0 Å². The van der Waals surface area contributed by atoms with Crippen molar-refractivity contribution in [2.24, 2.45) is 0 Å². The Balaban J connectivity index is 1.27. The van der Waals surface area contributed by atoms with E-state index in [1.54, 1.807) is 0 Å². The molecule has 0 saturated carbocycles. The van der Waals surface area contributed by atoms with Crippen molar-refractivity contribution in [2.75, 3.05) is 0 Å². The average Bonchev–Trinajstić information content (AvgIpc) is 3.39. The van der Waals surface area contributed by atoms with E-state index in [0.29, 0.717) is 5.95 Å². The Bertz CT molecular complexity index is 2510. The first kappa shape index (κ1) is 23.7. The number of hydrogen-bond donors (Lipinski definition) is 0. The number of fused-ring (bicyclic) bond motifs is 6. The number of nitrogens with zero attached hydrogens (tertiary/aromatic N) is 5. The van der Waals surface area contributed by atoms with Crippen molar-refractivity contribution in [1.82, 2.24) is 24.5 Å². The minimum Gasteiger partial charge on any atom is -0.278 e. The van der Waals surface area contributed by atoms with Gasteiger partial charge in [-0.05, 0) is 47.2 Å². The molecule has 9 rings (SSSR count). The molecule has 43 heavy (non-hydrogen) atoms. The number of benzene rings is 5. The highest BCUT2D eigenvalue weighted by atomic mass is 15.2. The maximum atomic E-state index is 5.22. The minimum atomic E-state index is 0.624. The van der Waals surface area contributed by atoms with Crippen LogP contribution in [0.1, 0.15) is 0 Å². The fourth-order valence-corrected chi connectivity index (χ4v) is 6.26. The summed E-state index contributed by atoms with van der Waals surface area (Å²) in [4.78, 5) is 19.9. The Morgan fingerprint density at radius 3 is 2.16 bits per heavy atom. The fourth-order valence-electron chi connectivity index (χ4n) is 6.26. The number of para-hydroxylation sites is 3. The van der Waals surface area contributed by atoms with Gasteiger partial charge in [0.2, 0.25) is 5.95 Å². The van der Waals surface area contributed by atoms with E-state index in [1.807, 2.05) is 36.7 Å². The molecule has 5 heteroatoms. The Morgan fingerprint density at radius 2 is 1.28 bits per heavy atom. The van der Waals surface area contributed by atoms with Crippen LogP contribution in [0.3, 0.4) is 0 Å². The fraction of sp³-hybridized carbons (Fsp3) is 0. The molecule has 5 aromatic carbocycles. The number of hydrogen-bond acceptors (Lipinski definition) is 4. The lowest BCUT2D eigenvalue weighted by atomic mass is 10.0. The summed E-state index contributed by atoms with van der Waals surface area (Å²) in [6, 6.07) is 44.1. The Kier molecular flexibility index (Phi) is 5.13. The topological polar surface area (TPSA) is 56.5 Å². The third kappa shape index (κ3) is 3.72. The molecule has 4 heterocycles. The molecule has 0 bridgehead atoms. The van der Waals surface area contributed by atoms with E-state index in [0.717, 1.165) is 55.4 Å². The molecule has 0 amide bonds. The van der Waals surface area contributed by atoms with Crippen LogP contribution in [-0.4, -0.2) is 24.5 Å². The van der Waals surface area contributed by atoms with Crippen molar-refractivity contribution in [2.45, 2.75) is 0 Å². The molecule has 5 nitrogen and oxygen atoms in total. The van der Waals surface area contributed by atoms with E-state index >= 15 is 0 Å². The van der Waals surface area contributed by atoms with Crippen molar-refractivity contribution < 1.29 is 0 Å². The molecule has 0 aliphatic carbocycles. The molecule has 4 aromatic heterocycles. The van der Waals surface area contributed by atoms with Crippen molar-refractivity contribution in [1.29, 1.82) is 0 Å². The lowest BCUT2D eigenvalue weighted by Crippen LogP contribution is -2.04. The summed E-state index contributed by atoms with van der Waals surface area (Å²) in [6.45, 7) is 0. The van der Waals surface area contributed by atoms with Crippen molar-refractivity contribution in [3.05, 3.63) is 140 Å². The maximum Gasteiger partial charge on any atom is 0.235 e. The molecular formula is C38H23N5. The summed E-state index contributed by atoms with van der Waals surface area (Å²) in [7, 11) is 0. The van der Waals surface area contributed by atoms with Crippen molar-refractivity contribution >= 4 is 54.4 Å². The summed E-state index contributed by atoms with van der Waals surface area (Å²) in [6.07, 6.45) is 3.75. The van der Waals surface area contributed by atoms with Gasteiger partial charge in [-0.15, -0.1) is 0 Å². The summed E-state index contributed by atoms with van der Waals surface area (Å²) in [5, 5.41) is 6.81. The van der Waals surface area contributed by atoms with Gasteiger partial charge in [0.25, 0.3) is 0 Å². The van der Waals surface area contributed by atoms with Crippen molar-refractivity contribution in [3.8, 4) is 28.5 Å². The van der Waals surface area contributed by atoms with Crippen LogP contribution in [0.25, 0.3) is 82.8 Å². The zero-order valence-corrected chi connectivity index (χ0v) is 23.0. The van der Waals surface area contributed by atoms with E-state index in [4.69, 9.17) is 15.0 Å². The molecule has 0 spiro atoms. The zero-order valence-electron chi connectivity index (χ0n) is 23.0. The molecule has 9 aromatic rings. The first-order valence-electron chi connectivity index (χ1n) is 14.3. The summed E-state index contributed by atoms with van der Waals surface area (Å²) < 4.78 is 2.18. The van der Waals surface area contributed by atoms with E-state index < -0.39 is 0 Å². The molecular weight excluding hydrogens is 526 g/mol. The van der Waals surface area contributed by atoms with Gasteiger partial charge < -0.3 is 0 Å². The SMILES string of the molecule is c1ccc2cc3c(cc2c1)c1ccccc1n3-c1nc(-c2ccc(-c3cccc4cccnc34)cn2)c2ccccc2n1. The third-order valence-electron chi connectivity index (χ3n) is 8.28. The van der Waals surface area contributed by atoms with Gasteiger partial charge in [0.1, 0.15) is 5.69 Å². The highest BCUT2D eigenvalue weighted by Gasteiger charge is 2.18. The molecule has 200 valence electrons. The van der Waals surface area contributed by atoms with Gasteiger partial charge in [-0.2, -0.15) is 0 Å². The second-order valence-electron chi connectivity index (χ2n) is 10.8. The van der Waals surface area contributed by atoms with Crippen LogP contribution in [0, 0.1) is 0 Å². The summed E-state index contributed by atoms with van der Waals surface area (Å²) >= 11 is 0. The zero-order chi connectivity index (χ0) is 28.3. The van der Waals surface area contributed by atoms with Crippen LogP contribution in [0.4, 0.5) is 0 Å². The third-order valence-corrected chi connectivity index (χ3v) is 8.28. The van der Waals surface area contributed by atoms with Gasteiger partial charge >= 0.3 is 0 Å². The molecule has 0 N–H and O–H groups in total. The maximum absolute atomic E-state index is 5.22. The van der Waals surface area contributed by atoms with Gasteiger partial charge in [-0.1, -0.05) is 91.0 Å². The predicted molar refractivity (Wildman–Crippen MR) is 175 cm³/mol. The van der Waals surface area contributed by atoms with Crippen LogP contribution in [-0.2, 0) is 0 Å². The predicted octanol–water partition coefficient (Wildman–Crippen LogP) is 9.16. The highest BCUT2D eigenvalue weighted by Crippen LogP contribution is 2.36. The van der Waals surface area contributed by atoms with Crippen LogP contribution in [0.15, 0.2) is 140 Å². The lowest BCUT2D eigenvalue weighted by molar-refractivity contribution is 1.01. The molecule has 0 fully saturated rings. The quantitative estimate of drug-likeness (QED) is 0.220. The molecule has 0 radical (unpaired) electrons. The molecule has 0 saturated heterocycles. The van der Waals surface area contributed by atoms with E-state index in [1.165, 1.54) is 21.5 Å². The standard InChI is InChI=1S/C38H23N5/c1-2-10-26-22-35-31(21-25(26)9-1)29-13-4-6-17-34(29)43(35)38-41-32-16-5-3-14-30(32)37(42-38)33-19-18-27(23-40-33)28-15-7-11-24-12-8-20-39-36(24)28/h1-23H.